The quantitative estimate of drug-likeness (QED) is 0.290. The summed E-state index contributed by atoms with van der Waals surface area (Å²) < 4.78 is 21.7. The number of hydrogen-bond donors (Lipinski definition) is 1. The van der Waals surface area contributed by atoms with Gasteiger partial charge in [-0.15, -0.1) is 0 Å². The summed E-state index contributed by atoms with van der Waals surface area (Å²) in [6, 6.07) is 20.8. The van der Waals surface area contributed by atoms with Gasteiger partial charge in [0.1, 0.15) is 5.82 Å². The molecule has 3 aromatic carbocycles. The normalized spacial score (nSPS) is 13.0. The van der Waals surface area contributed by atoms with Gasteiger partial charge in [-0.1, -0.05) is 40.2 Å². The maximum absolute atomic E-state index is 15.0. The fraction of sp³-hybridized carbons (Fsp3) is 0.250. The van der Waals surface area contributed by atoms with E-state index >= 15 is 4.39 Å². The van der Waals surface area contributed by atoms with Crippen LogP contribution in [0.2, 0.25) is 0 Å². The van der Waals surface area contributed by atoms with Crippen LogP contribution in [-0.2, 0) is 0 Å². The first kappa shape index (κ1) is 24.2. The van der Waals surface area contributed by atoms with Gasteiger partial charge in [-0.3, -0.25) is 0 Å². The number of halogens is 2. The number of pyridine rings is 1. The molecule has 0 bridgehead atoms. The number of anilines is 1. The Hall–Kier alpha value is -2.96. The lowest BCUT2D eigenvalue weighted by Crippen LogP contribution is -2.14. The molecular formula is C28H28BrFN2O2. The number of hydrogen-bond acceptors (Lipinski definition) is 4. The van der Waals surface area contributed by atoms with E-state index < -0.39 is 6.10 Å². The van der Waals surface area contributed by atoms with Crippen LogP contribution in [0.25, 0.3) is 22.0 Å². The SMILES string of the molecule is COc1nc2ccc(Br)cc2cc1C(CC(C)O)c1ccc(N(C)C)cc1-c1ccccc1F. The van der Waals surface area contributed by atoms with E-state index in [9.17, 15) is 5.11 Å². The van der Waals surface area contributed by atoms with Crippen LogP contribution >= 0.6 is 15.9 Å². The summed E-state index contributed by atoms with van der Waals surface area (Å²) in [5, 5.41) is 11.4. The van der Waals surface area contributed by atoms with E-state index in [2.05, 4.69) is 22.0 Å². The molecule has 0 fully saturated rings. The van der Waals surface area contributed by atoms with E-state index in [1.165, 1.54) is 6.07 Å². The highest BCUT2D eigenvalue weighted by molar-refractivity contribution is 9.10. The predicted octanol–water partition coefficient (Wildman–Crippen LogP) is 6.78. The second-order valence-corrected chi connectivity index (χ2v) is 9.62. The zero-order chi connectivity index (χ0) is 24.4. The Labute approximate surface area is 208 Å². The van der Waals surface area contributed by atoms with Crippen molar-refractivity contribution in [2.24, 2.45) is 0 Å². The van der Waals surface area contributed by atoms with E-state index in [0.29, 0.717) is 17.9 Å². The number of aromatic nitrogens is 1. The summed E-state index contributed by atoms with van der Waals surface area (Å²) in [7, 11) is 5.52. The molecule has 176 valence electrons. The van der Waals surface area contributed by atoms with Crippen molar-refractivity contribution in [2.45, 2.75) is 25.4 Å². The van der Waals surface area contributed by atoms with Crippen molar-refractivity contribution in [3.05, 3.63) is 88.1 Å². The minimum absolute atomic E-state index is 0.267. The minimum atomic E-state index is -0.588. The molecule has 0 saturated heterocycles. The maximum Gasteiger partial charge on any atom is 0.217 e. The van der Waals surface area contributed by atoms with Gasteiger partial charge in [0.2, 0.25) is 5.88 Å². The molecule has 1 N–H and O–H groups in total. The van der Waals surface area contributed by atoms with Gasteiger partial charge in [0.05, 0.1) is 18.7 Å². The number of nitrogens with zero attached hydrogens (tertiary/aromatic N) is 2. The van der Waals surface area contributed by atoms with Gasteiger partial charge >= 0.3 is 0 Å². The second-order valence-electron chi connectivity index (χ2n) is 8.71. The molecule has 1 aromatic heterocycles. The summed E-state index contributed by atoms with van der Waals surface area (Å²) >= 11 is 3.54. The molecule has 1 heterocycles. The zero-order valence-corrected chi connectivity index (χ0v) is 21.3. The molecule has 2 atom stereocenters. The Morgan fingerprint density at radius 1 is 1.00 bits per heavy atom. The van der Waals surface area contributed by atoms with Gasteiger partial charge in [-0.25, -0.2) is 9.37 Å². The highest BCUT2D eigenvalue weighted by Gasteiger charge is 2.26. The maximum atomic E-state index is 15.0. The molecule has 34 heavy (non-hydrogen) atoms. The third-order valence-corrected chi connectivity index (χ3v) is 6.50. The van der Waals surface area contributed by atoms with Gasteiger partial charge in [-0.05, 0) is 66.9 Å². The highest BCUT2D eigenvalue weighted by Crippen LogP contribution is 2.42. The number of methoxy groups -OCH3 is 1. The van der Waals surface area contributed by atoms with Crippen LogP contribution in [0, 0.1) is 5.82 Å². The van der Waals surface area contributed by atoms with Crippen molar-refractivity contribution in [1.82, 2.24) is 4.98 Å². The Morgan fingerprint density at radius 2 is 1.76 bits per heavy atom. The van der Waals surface area contributed by atoms with Crippen molar-refractivity contribution in [3.8, 4) is 17.0 Å². The van der Waals surface area contributed by atoms with E-state index in [1.54, 1.807) is 26.2 Å². The second kappa shape index (κ2) is 10.1. The standard InChI is InChI=1S/C28H28BrFN2O2/c1-17(33)13-23(25-15-18-14-19(29)9-12-27(18)31-28(25)34-4)21-11-10-20(32(2)3)16-24(21)22-7-5-6-8-26(22)30/h5-12,14-17,23,33H,13H2,1-4H3. The first-order chi connectivity index (χ1) is 16.3. The largest absolute Gasteiger partial charge is 0.481 e. The van der Waals surface area contributed by atoms with Crippen molar-refractivity contribution >= 4 is 32.5 Å². The van der Waals surface area contributed by atoms with Crippen molar-refractivity contribution in [2.75, 3.05) is 26.1 Å². The van der Waals surface area contributed by atoms with Crippen molar-refractivity contribution in [3.63, 3.8) is 0 Å². The van der Waals surface area contributed by atoms with E-state index in [4.69, 9.17) is 9.72 Å². The monoisotopic (exact) mass is 522 g/mol. The Balaban J connectivity index is 2.00. The average molecular weight is 523 g/mol. The summed E-state index contributed by atoms with van der Waals surface area (Å²) in [6.45, 7) is 1.77. The van der Waals surface area contributed by atoms with Crippen molar-refractivity contribution < 1.29 is 14.2 Å². The number of benzene rings is 3. The Bertz CT molecular complexity index is 1320. The molecule has 6 heteroatoms. The van der Waals surface area contributed by atoms with Crippen LogP contribution in [0.5, 0.6) is 5.88 Å². The number of aliphatic hydroxyl groups is 1. The molecule has 0 aliphatic carbocycles. The summed E-state index contributed by atoms with van der Waals surface area (Å²) in [6.07, 6.45) is -0.157. The lowest BCUT2D eigenvalue weighted by molar-refractivity contribution is 0.178. The van der Waals surface area contributed by atoms with Crippen LogP contribution < -0.4 is 9.64 Å². The fourth-order valence-corrected chi connectivity index (χ4v) is 4.74. The number of rotatable bonds is 7. The molecule has 2 unspecified atom stereocenters. The number of aliphatic hydroxyl groups excluding tert-OH is 1. The number of fused-ring (bicyclic) bond motifs is 1. The molecular weight excluding hydrogens is 495 g/mol. The summed E-state index contributed by atoms with van der Waals surface area (Å²) in [5.74, 6) is -0.0590. The Kier molecular flexibility index (Phi) is 7.19. The van der Waals surface area contributed by atoms with Crippen LogP contribution in [0.15, 0.2) is 71.2 Å². The summed E-state index contributed by atoms with van der Waals surface area (Å²) in [4.78, 5) is 6.74. The van der Waals surface area contributed by atoms with Gasteiger partial charge in [-0.2, -0.15) is 0 Å². The molecule has 0 aliphatic heterocycles. The van der Waals surface area contributed by atoms with Crippen LogP contribution in [0.3, 0.4) is 0 Å². The highest BCUT2D eigenvalue weighted by atomic mass is 79.9. The lowest BCUT2D eigenvalue weighted by atomic mass is 9.82. The molecule has 0 aliphatic rings. The lowest BCUT2D eigenvalue weighted by Gasteiger charge is -2.26. The molecule has 4 nitrogen and oxygen atoms in total. The number of ether oxygens (including phenoxy) is 1. The van der Waals surface area contributed by atoms with Crippen LogP contribution in [-0.4, -0.2) is 37.4 Å². The van der Waals surface area contributed by atoms with Gasteiger partial charge in [0.25, 0.3) is 0 Å². The molecule has 4 aromatic rings. The van der Waals surface area contributed by atoms with E-state index in [1.807, 2.05) is 61.5 Å². The van der Waals surface area contributed by atoms with Gasteiger partial charge < -0.3 is 14.7 Å². The zero-order valence-electron chi connectivity index (χ0n) is 19.7. The summed E-state index contributed by atoms with van der Waals surface area (Å²) in [5.41, 5.74) is 4.84. The fourth-order valence-electron chi connectivity index (χ4n) is 4.36. The average Bonchev–Trinajstić information content (AvgIpc) is 2.81. The molecule has 0 saturated carbocycles. The van der Waals surface area contributed by atoms with Gasteiger partial charge in [0.15, 0.2) is 0 Å². The van der Waals surface area contributed by atoms with Crippen molar-refractivity contribution in [1.29, 1.82) is 0 Å². The van der Waals surface area contributed by atoms with E-state index in [-0.39, 0.29) is 11.7 Å². The smallest absolute Gasteiger partial charge is 0.217 e. The first-order valence-electron chi connectivity index (χ1n) is 11.2. The molecule has 0 spiro atoms. The molecule has 0 amide bonds. The van der Waals surface area contributed by atoms with Crippen LogP contribution in [0.1, 0.15) is 30.4 Å². The third-order valence-electron chi connectivity index (χ3n) is 6.01. The van der Waals surface area contributed by atoms with Crippen LogP contribution in [0.4, 0.5) is 10.1 Å². The topological polar surface area (TPSA) is 45.6 Å². The molecule has 4 rings (SSSR count). The predicted molar refractivity (Wildman–Crippen MR) is 140 cm³/mol. The Morgan fingerprint density at radius 3 is 2.44 bits per heavy atom. The molecule has 0 radical (unpaired) electrons. The third kappa shape index (κ3) is 4.93. The van der Waals surface area contributed by atoms with E-state index in [0.717, 1.165) is 37.8 Å². The minimum Gasteiger partial charge on any atom is -0.481 e. The van der Waals surface area contributed by atoms with Gasteiger partial charge in [0, 0.05) is 46.7 Å². The first-order valence-corrected chi connectivity index (χ1v) is 12.0.